The number of benzene rings is 1. The highest BCUT2D eigenvalue weighted by atomic mass is 14.9. The van der Waals surface area contributed by atoms with Crippen molar-refractivity contribution >= 4 is 0 Å². The average Bonchev–Trinajstić information content (AvgIpc) is 2.64. The molecule has 1 aliphatic rings. The van der Waals surface area contributed by atoms with Gasteiger partial charge in [-0.3, -0.25) is 0 Å². The van der Waals surface area contributed by atoms with E-state index in [1.807, 2.05) is 0 Å². The van der Waals surface area contributed by atoms with Gasteiger partial charge >= 0.3 is 0 Å². The van der Waals surface area contributed by atoms with Crippen LogP contribution in [0.5, 0.6) is 0 Å². The molecule has 19 heavy (non-hydrogen) atoms. The van der Waals surface area contributed by atoms with Crippen LogP contribution in [0.15, 0.2) is 24.3 Å². The van der Waals surface area contributed by atoms with Crippen molar-refractivity contribution in [2.45, 2.75) is 71.4 Å². The summed E-state index contributed by atoms with van der Waals surface area (Å²) in [5.41, 5.74) is 2.79. The predicted molar refractivity (Wildman–Crippen MR) is 83.4 cm³/mol. The van der Waals surface area contributed by atoms with Crippen molar-refractivity contribution in [3.8, 4) is 0 Å². The number of nitrogens with one attached hydrogen (secondary N) is 1. The Kier molecular flexibility index (Phi) is 5.45. The van der Waals surface area contributed by atoms with Crippen LogP contribution in [0.4, 0.5) is 0 Å². The first-order valence-electron chi connectivity index (χ1n) is 8.01. The molecule has 0 radical (unpaired) electrons. The van der Waals surface area contributed by atoms with Gasteiger partial charge in [0.1, 0.15) is 0 Å². The van der Waals surface area contributed by atoms with E-state index in [0.29, 0.717) is 12.1 Å². The zero-order chi connectivity index (χ0) is 13.7. The summed E-state index contributed by atoms with van der Waals surface area (Å²) in [6.07, 6.45) is 8.32. The van der Waals surface area contributed by atoms with E-state index in [0.717, 1.165) is 5.92 Å². The van der Waals surface area contributed by atoms with Crippen molar-refractivity contribution in [1.29, 1.82) is 0 Å². The van der Waals surface area contributed by atoms with E-state index in [4.69, 9.17) is 0 Å². The summed E-state index contributed by atoms with van der Waals surface area (Å²) in [6, 6.07) is 10.1. The van der Waals surface area contributed by atoms with Gasteiger partial charge in [-0.1, -0.05) is 56.0 Å². The molecule has 1 heteroatoms. The molecule has 2 unspecified atom stereocenters. The van der Waals surface area contributed by atoms with E-state index in [9.17, 15) is 0 Å². The molecule has 1 fully saturated rings. The highest BCUT2D eigenvalue weighted by molar-refractivity contribution is 5.24. The Balaban J connectivity index is 1.90. The van der Waals surface area contributed by atoms with E-state index in [1.165, 1.54) is 49.7 Å². The number of hydrogen-bond acceptors (Lipinski definition) is 1. The van der Waals surface area contributed by atoms with Gasteiger partial charge in [-0.25, -0.2) is 0 Å². The summed E-state index contributed by atoms with van der Waals surface area (Å²) in [7, 11) is 0. The molecule has 0 aliphatic heterocycles. The van der Waals surface area contributed by atoms with Crippen LogP contribution in [0, 0.1) is 12.8 Å². The van der Waals surface area contributed by atoms with Crippen LogP contribution < -0.4 is 5.32 Å². The maximum absolute atomic E-state index is 3.85. The normalized spacial score (nSPS) is 25.8. The van der Waals surface area contributed by atoms with Crippen LogP contribution in [0.1, 0.15) is 69.5 Å². The lowest BCUT2D eigenvalue weighted by Gasteiger charge is -2.23. The molecule has 0 aromatic heterocycles. The minimum Gasteiger partial charge on any atom is -0.307 e. The van der Waals surface area contributed by atoms with Crippen molar-refractivity contribution in [2.75, 3.05) is 0 Å². The second kappa shape index (κ2) is 7.09. The van der Waals surface area contributed by atoms with Crippen molar-refractivity contribution in [2.24, 2.45) is 5.92 Å². The Morgan fingerprint density at radius 3 is 2.79 bits per heavy atom. The third-order valence-corrected chi connectivity index (χ3v) is 4.69. The van der Waals surface area contributed by atoms with E-state index < -0.39 is 0 Å². The minimum absolute atomic E-state index is 0.475. The second-order valence-electron chi connectivity index (χ2n) is 6.28. The molecule has 1 N–H and O–H groups in total. The molecule has 3 atom stereocenters. The Morgan fingerprint density at radius 1 is 1.21 bits per heavy atom. The summed E-state index contributed by atoms with van der Waals surface area (Å²) in [5.74, 6) is 0.973. The average molecular weight is 259 g/mol. The van der Waals surface area contributed by atoms with E-state index in [-0.39, 0.29) is 0 Å². The summed E-state index contributed by atoms with van der Waals surface area (Å²) in [6.45, 7) is 6.82. The molecule has 1 aromatic rings. The highest BCUT2D eigenvalue weighted by Gasteiger charge is 2.19. The molecule has 1 aromatic carbocycles. The summed E-state index contributed by atoms with van der Waals surface area (Å²) >= 11 is 0. The first-order valence-corrected chi connectivity index (χ1v) is 8.01. The molecule has 1 saturated carbocycles. The fraction of sp³-hybridized carbons (Fsp3) is 0.667. The zero-order valence-corrected chi connectivity index (χ0v) is 12.8. The quantitative estimate of drug-likeness (QED) is 0.750. The minimum atomic E-state index is 0.475. The fourth-order valence-electron chi connectivity index (χ4n) is 3.34. The monoisotopic (exact) mass is 259 g/mol. The van der Waals surface area contributed by atoms with Crippen molar-refractivity contribution in [3.63, 3.8) is 0 Å². The molecule has 106 valence electrons. The van der Waals surface area contributed by atoms with Gasteiger partial charge in [0.25, 0.3) is 0 Å². The van der Waals surface area contributed by atoms with Crippen LogP contribution in [0.2, 0.25) is 0 Å². The maximum Gasteiger partial charge on any atom is 0.0294 e. The van der Waals surface area contributed by atoms with Gasteiger partial charge in [0.2, 0.25) is 0 Å². The predicted octanol–water partition coefficient (Wildman–Crippen LogP) is 5.00. The topological polar surface area (TPSA) is 12.0 Å². The van der Waals surface area contributed by atoms with Crippen molar-refractivity contribution < 1.29 is 0 Å². The summed E-state index contributed by atoms with van der Waals surface area (Å²) < 4.78 is 0. The van der Waals surface area contributed by atoms with Gasteiger partial charge in [0.05, 0.1) is 0 Å². The maximum atomic E-state index is 3.85. The molecule has 0 heterocycles. The molecule has 1 aliphatic carbocycles. The fourth-order valence-corrected chi connectivity index (χ4v) is 3.34. The SMILES string of the molecule is CCC1CCCC(N[C@@H](C)c2cccc(C)c2)CC1. The van der Waals surface area contributed by atoms with Crippen molar-refractivity contribution in [1.82, 2.24) is 5.32 Å². The first-order chi connectivity index (χ1) is 9.19. The Morgan fingerprint density at radius 2 is 2.05 bits per heavy atom. The number of rotatable bonds is 4. The van der Waals surface area contributed by atoms with Crippen LogP contribution in [-0.2, 0) is 0 Å². The van der Waals surface area contributed by atoms with Crippen LogP contribution >= 0.6 is 0 Å². The highest BCUT2D eigenvalue weighted by Crippen LogP contribution is 2.27. The molecular formula is C18H29N. The smallest absolute Gasteiger partial charge is 0.0294 e. The lowest BCUT2D eigenvalue weighted by atomic mass is 9.97. The van der Waals surface area contributed by atoms with E-state index >= 15 is 0 Å². The third-order valence-electron chi connectivity index (χ3n) is 4.69. The first kappa shape index (κ1) is 14.6. The molecule has 0 saturated heterocycles. The third kappa shape index (κ3) is 4.35. The van der Waals surface area contributed by atoms with Gasteiger partial charge in [0.15, 0.2) is 0 Å². The summed E-state index contributed by atoms with van der Waals surface area (Å²) in [5, 5.41) is 3.85. The number of aryl methyl sites for hydroxylation is 1. The molecular weight excluding hydrogens is 230 g/mol. The molecule has 2 rings (SSSR count). The largest absolute Gasteiger partial charge is 0.307 e. The lowest BCUT2D eigenvalue weighted by Crippen LogP contribution is -2.31. The van der Waals surface area contributed by atoms with Gasteiger partial charge in [-0.2, -0.15) is 0 Å². The van der Waals surface area contributed by atoms with E-state index in [2.05, 4.69) is 50.4 Å². The molecule has 0 bridgehead atoms. The van der Waals surface area contributed by atoms with Gasteiger partial charge in [-0.05, 0) is 44.6 Å². The van der Waals surface area contributed by atoms with Gasteiger partial charge in [0, 0.05) is 12.1 Å². The Bertz CT molecular complexity index is 385. The molecule has 1 nitrogen and oxygen atoms in total. The number of hydrogen-bond donors (Lipinski definition) is 1. The Hall–Kier alpha value is -0.820. The van der Waals surface area contributed by atoms with Crippen LogP contribution in [-0.4, -0.2) is 6.04 Å². The lowest BCUT2D eigenvalue weighted by molar-refractivity contribution is 0.400. The molecule has 0 amide bonds. The molecule has 0 spiro atoms. The summed E-state index contributed by atoms with van der Waals surface area (Å²) in [4.78, 5) is 0. The van der Waals surface area contributed by atoms with Crippen LogP contribution in [0.25, 0.3) is 0 Å². The van der Waals surface area contributed by atoms with Crippen LogP contribution in [0.3, 0.4) is 0 Å². The second-order valence-corrected chi connectivity index (χ2v) is 6.28. The van der Waals surface area contributed by atoms with E-state index in [1.54, 1.807) is 0 Å². The Labute approximate surface area is 118 Å². The van der Waals surface area contributed by atoms with Gasteiger partial charge in [-0.15, -0.1) is 0 Å². The standard InChI is InChI=1S/C18H29N/c1-4-16-8-6-10-18(12-11-16)19-15(3)17-9-5-7-14(2)13-17/h5,7,9,13,15-16,18-19H,4,6,8,10-12H2,1-3H3/t15-,16?,18?/m0/s1. The zero-order valence-electron chi connectivity index (χ0n) is 12.8. The van der Waals surface area contributed by atoms with Gasteiger partial charge < -0.3 is 5.32 Å². The van der Waals surface area contributed by atoms with Crippen molar-refractivity contribution in [3.05, 3.63) is 35.4 Å².